The predicted molar refractivity (Wildman–Crippen MR) is 155 cm³/mol. The zero-order valence-corrected chi connectivity index (χ0v) is 25.1. The third kappa shape index (κ3) is 11.6. The Bertz CT molecular complexity index is 1560. The molecule has 0 unspecified atom stereocenters. The van der Waals surface area contributed by atoms with Crippen LogP contribution in [0.2, 0.25) is 0 Å². The van der Waals surface area contributed by atoms with Gasteiger partial charge in [-0.1, -0.05) is 0 Å². The molecule has 0 saturated carbocycles. The molecule has 0 saturated heterocycles. The van der Waals surface area contributed by atoms with Crippen molar-refractivity contribution in [3.05, 3.63) is 72.3 Å². The molecule has 0 fully saturated rings. The zero-order valence-electron chi connectivity index (χ0n) is 25.1. The molecule has 13 nitrogen and oxygen atoms in total. The molecule has 14 heteroatoms. The molecule has 2 aromatic carbocycles. The molecule has 222 valence electrons. The first-order valence-corrected chi connectivity index (χ1v) is 12.5. The maximum Gasteiger partial charge on any atom is 1.00 e. The van der Waals surface area contributed by atoms with Crippen molar-refractivity contribution in [2.45, 2.75) is 33.8 Å². The minimum Gasteiger partial charge on any atom is -0.870 e. The number of aliphatic carboxylic acids is 1. The van der Waals surface area contributed by atoms with Gasteiger partial charge in [0, 0.05) is 35.7 Å². The van der Waals surface area contributed by atoms with Crippen LogP contribution in [0.15, 0.2) is 61.2 Å². The summed E-state index contributed by atoms with van der Waals surface area (Å²) in [6.45, 7) is 7.52. The molecule has 2 N–H and O–H groups in total. The van der Waals surface area contributed by atoms with E-state index in [0.29, 0.717) is 11.6 Å². The fraction of sp³-hybridized carbons (Fsp3) is 0.241. The molecule has 0 aliphatic carbocycles. The van der Waals surface area contributed by atoms with Crippen LogP contribution >= 0.6 is 0 Å². The molecule has 2 heterocycles. The standard InChI is InChI=1S/C16H19N3O3.C13H13N3O3.Li.H2O/c1-11(2)22-15(20)5-6-19-10-17-16(18-19)13-7-12(3)8-14(9-13)21-4;1-9-5-10(7-11(6-9)19-2)13-14-8-16(15-13)4-3-12(17)18;;/h5-11H,1-4H3;3-8H,1-2H3,(H,17,18);;1H2/q;;+1;/p-1/b6-5-;4-3-;;. The molecular weight excluding hydrogens is 551 g/mol. The van der Waals surface area contributed by atoms with E-state index in [9.17, 15) is 9.59 Å². The van der Waals surface area contributed by atoms with Gasteiger partial charge >= 0.3 is 30.8 Å². The van der Waals surface area contributed by atoms with Crippen molar-refractivity contribution >= 4 is 24.3 Å². The second kappa shape index (κ2) is 17.3. The smallest absolute Gasteiger partial charge is 0.870 e. The van der Waals surface area contributed by atoms with Crippen molar-refractivity contribution in [3.8, 4) is 34.3 Å². The fourth-order valence-electron chi connectivity index (χ4n) is 3.50. The van der Waals surface area contributed by atoms with Crippen molar-refractivity contribution in [1.29, 1.82) is 0 Å². The SMILES string of the molecule is COc1cc(C)cc(-c2ncn(/C=C\C(=O)O)n2)c1.COc1cc(C)cc(-c2ncn(/C=C\C(=O)OC(C)C)n2)c1.[Li+].[OH-]. The van der Waals surface area contributed by atoms with Gasteiger partial charge in [0.05, 0.1) is 20.3 Å². The number of carbonyl (C=O) groups is 2. The summed E-state index contributed by atoms with van der Waals surface area (Å²) >= 11 is 0. The van der Waals surface area contributed by atoms with Crippen LogP contribution in [0, 0.1) is 13.8 Å². The Kier molecular flexibility index (Phi) is 14.6. The third-order valence-corrected chi connectivity index (χ3v) is 5.19. The molecule has 0 aliphatic heterocycles. The largest absolute Gasteiger partial charge is 1.00 e. The van der Waals surface area contributed by atoms with Crippen LogP contribution in [-0.2, 0) is 14.3 Å². The van der Waals surface area contributed by atoms with Crippen LogP contribution < -0.4 is 28.3 Å². The second-order valence-corrected chi connectivity index (χ2v) is 9.03. The average Bonchev–Trinajstić information content (AvgIpc) is 3.60. The normalized spacial score (nSPS) is 10.5. The number of rotatable bonds is 9. The number of aryl methyl sites for hydroxylation is 2. The van der Waals surface area contributed by atoms with Crippen molar-refractivity contribution in [2.24, 2.45) is 0 Å². The van der Waals surface area contributed by atoms with E-state index < -0.39 is 11.9 Å². The van der Waals surface area contributed by atoms with E-state index in [1.54, 1.807) is 28.1 Å². The van der Waals surface area contributed by atoms with Crippen LogP contribution in [0.5, 0.6) is 11.5 Å². The number of nitrogens with zero attached hydrogens (tertiary/aromatic N) is 6. The molecule has 0 atom stereocenters. The van der Waals surface area contributed by atoms with Gasteiger partial charge in [0.25, 0.3) is 0 Å². The zero-order chi connectivity index (χ0) is 29.9. The molecule has 0 bridgehead atoms. The number of hydrogen-bond donors (Lipinski definition) is 1. The van der Waals surface area contributed by atoms with Crippen LogP contribution in [-0.4, -0.2) is 72.4 Å². The maximum atomic E-state index is 11.4. The van der Waals surface area contributed by atoms with Gasteiger partial charge in [0.1, 0.15) is 24.2 Å². The van der Waals surface area contributed by atoms with Crippen LogP contribution in [0.25, 0.3) is 35.2 Å². The number of carboxylic acids is 1. The number of esters is 1. The molecule has 0 radical (unpaired) electrons. The monoisotopic (exact) mass is 584 g/mol. The number of methoxy groups -OCH3 is 2. The van der Waals surface area contributed by atoms with Crippen LogP contribution in [0.1, 0.15) is 25.0 Å². The minimum atomic E-state index is -1.03. The van der Waals surface area contributed by atoms with Gasteiger partial charge in [-0.2, -0.15) is 0 Å². The number of ether oxygens (including phenoxy) is 3. The van der Waals surface area contributed by atoms with E-state index >= 15 is 0 Å². The van der Waals surface area contributed by atoms with Crippen molar-refractivity contribution in [3.63, 3.8) is 0 Å². The molecule has 4 aromatic rings. The van der Waals surface area contributed by atoms with E-state index in [1.165, 1.54) is 40.5 Å². The number of aromatic nitrogens is 6. The third-order valence-electron chi connectivity index (χ3n) is 5.19. The molecule has 0 aliphatic rings. The van der Waals surface area contributed by atoms with E-state index in [-0.39, 0.29) is 30.4 Å². The van der Waals surface area contributed by atoms with Gasteiger partial charge in [0.2, 0.25) is 0 Å². The Labute approximate surface area is 261 Å². The Morgan fingerprint density at radius 2 is 1.23 bits per heavy atom. The summed E-state index contributed by atoms with van der Waals surface area (Å²) in [4.78, 5) is 30.2. The van der Waals surface area contributed by atoms with Crippen molar-refractivity contribution in [1.82, 2.24) is 29.5 Å². The topological polar surface area (TPSA) is 173 Å². The number of hydrogen-bond acceptors (Lipinski definition) is 10. The van der Waals surface area contributed by atoms with Crippen LogP contribution in [0.4, 0.5) is 0 Å². The number of benzene rings is 2. The van der Waals surface area contributed by atoms with Gasteiger partial charge in [-0.25, -0.2) is 28.9 Å². The van der Waals surface area contributed by atoms with Gasteiger partial charge in [-0.15, -0.1) is 10.2 Å². The predicted octanol–water partition coefficient (Wildman–Crippen LogP) is 1.33. The van der Waals surface area contributed by atoms with Gasteiger partial charge in [0.15, 0.2) is 11.6 Å². The second-order valence-electron chi connectivity index (χ2n) is 9.03. The summed E-state index contributed by atoms with van der Waals surface area (Å²) in [5, 5.41) is 17.0. The number of carbonyl (C=O) groups excluding carboxylic acids is 1. The van der Waals surface area contributed by atoms with Crippen molar-refractivity contribution in [2.75, 3.05) is 14.2 Å². The summed E-state index contributed by atoms with van der Waals surface area (Å²) in [6, 6.07) is 11.4. The van der Waals surface area contributed by atoms with E-state index in [1.807, 2.05) is 50.2 Å². The van der Waals surface area contributed by atoms with Gasteiger partial charge in [-0.05, 0) is 75.2 Å². The summed E-state index contributed by atoms with van der Waals surface area (Å²) in [5.74, 6) is 1.11. The van der Waals surface area contributed by atoms with E-state index in [4.69, 9.17) is 19.3 Å². The van der Waals surface area contributed by atoms with Crippen LogP contribution in [0.3, 0.4) is 0 Å². The Morgan fingerprint density at radius 1 is 0.791 bits per heavy atom. The first-order valence-electron chi connectivity index (χ1n) is 12.5. The van der Waals surface area contributed by atoms with Gasteiger partial charge in [-0.3, -0.25) is 0 Å². The molecular formula is C29H33LiN6O7. The summed E-state index contributed by atoms with van der Waals surface area (Å²) in [5.41, 5.74) is 3.77. The number of carboxylic acid groups (broad SMARTS) is 1. The maximum absolute atomic E-state index is 11.4. The fourth-order valence-corrected chi connectivity index (χ4v) is 3.50. The summed E-state index contributed by atoms with van der Waals surface area (Å²) < 4.78 is 18.2. The Hall–Kier alpha value is -4.70. The molecule has 43 heavy (non-hydrogen) atoms. The quantitative estimate of drug-likeness (QED) is 0.171. The van der Waals surface area contributed by atoms with Crippen molar-refractivity contribution < 1.29 is 53.2 Å². The van der Waals surface area contributed by atoms with E-state index in [0.717, 1.165) is 39.8 Å². The average molecular weight is 585 g/mol. The Morgan fingerprint density at radius 3 is 1.63 bits per heavy atom. The van der Waals surface area contributed by atoms with E-state index in [2.05, 4.69) is 20.2 Å². The summed E-state index contributed by atoms with van der Waals surface area (Å²) in [6.07, 6.45) is 7.97. The Balaban J connectivity index is 0.000000415. The first kappa shape index (κ1) is 36.3. The minimum absolute atomic E-state index is 0. The molecule has 2 aromatic heterocycles. The van der Waals surface area contributed by atoms with Gasteiger partial charge < -0.3 is 24.8 Å². The molecule has 0 spiro atoms. The summed E-state index contributed by atoms with van der Waals surface area (Å²) in [7, 11) is 3.22. The molecule has 4 rings (SSSR count). The first-order chi connectivity index (χ1) is 19.6. The molecule has 0 amide bonds.